The average Bonchev–Trinajstić information content (AvgIpc) is 2.35. The van der Waals surface area contributed by atoms with Crippen LogP contribution < -0.4 is 11.1 Å². The zero-order valence-electron chi connectivity index (χ0n) is 9.87. The van der Waals surface area contributed by atoms with Gasteiger partial charge in [-0.25, -0.2) is 0 Å². The quantitative estimate of drug-likeness (QED) is 0.804. The Morgan fingerprint density at radius 3 is 2.61 bits per heavy atom. The summed E-state index contributed by atoms with van der Waals surface area (Å²) in [5.41, 5.74) is 9.66. The molecule has 3 N–H and O–H groups in total. The largest absolute Gasteiger partial charge is 0.397 e. The molecule has 90 valence electrons. The highest BCUT2D eigenvalue weighted by atomic mass is 35.5. The Labute approximate surface area is 111 Å². The standard InChI is InChI=1S/C14H12ClN3/c1-9-2-5-13(12(17)6-9)18-14-7-10(8-16)3-4-11(14)15/h2-7,18H,17H2,1H3. The average molecular weight is 258 g/mol. The van der Waals surface area contributed by atoms with Crippen molar-refractivity contribution in [2.75, 3.05) is 11.1 Å². The van der Waals surface area contributed by atoms with E-state index in [0.29, 0.717) is 22.0 Å². The fourth-order valence-electron chi connectivity index (χ4n) is 1.63. The zero-order valence-corrected chi connectivity index (χ0v) is 10.6. The molecule has 2 rings (SSSR count). The van der Waals surface area contributed by atoms with Crippen LogP contribution in [-0.2, 0) is 0 Å². The number of nitrogens with two attached hydrogens (primary N) is 1. The van der Waals surface area contributed by atoms with Crippen LogP contribution in [0.15, 0.2) is 36.4 Å². The maximum absolute atomic E-state index is 8.86. The molecule has 0 bridgehead atoms. The van der Waals surface area contributed by atoms with E-state index in [-0.39, 0.29) is 0 Å². The lowest BCUT2D eigenvalue weighted by Crippen LogP contribution is -1.97. The minimum atomic E-state index is 0.549. The predicted molar refractivity (Wildman–Crippen MR) is 75.0 cm³/mol. The van der Waals surface area contributed by atoms with Gasteiger partial charge in [-0.15, -0.1) is 0 Å². The number of nitriles is 1. The van der Waals surface area contributed by atoms with E-state index in [1.54, 1.807) is 18.2 Å². The molecular weight excluding hydrogens is 246 g/mol. The lowest BCUT2D eigenvalue weighted by Gasteiger charge is -2.11. The summed E-state index contributed by atoms with van der Waals surface area (Å²) in [6, 6.07) is 12.9. The predicted octanol–water partition coefficient (Wildman–Crippen LogP) is 3.85. The molecule has 18 heavy (non-hydrogen) atoms. The Morgan fingerprint density at radius 1 is 1.17 bits per heavy atom. The minimum absolute atomic E-state index is 0.549. The molecule has 0 radical (unpaired) electrons. The number of benzene rings is 2. The van der Waals surface area contributed by atoms with E-state index in [2.05, 4.69) is 11.4 Å². The first-order valence-corrected chi connectivity index (χ1v) is 5.81. The highest BCUT2D eigenvalue weighted by Crippen LogP contribution is 2.29. The summed E-state index contributed by atoms with van der Waals surface area (Å²) in [6.07, 6.45) is 0. The van der Waals surface area contributed by atoms with Crippen molar-refractivity contribution in [3.8, 4) is 6.07 Å². The molecule has 2 aromatic carbocycles. The summed E-state index contributed by atoms with van der Waals surface area (Å²) in [4.78, 5) is 0. The van der Waals surface area contributed by atoms with Crippen LogP contribution in [0.1, 0.15) is 11.1 Å². The molecule has 0 aromatic heterocycles. The Morgan fingerprint density at radius 2 is 1.94 bits per heavy atom. The summed E-state index contributed by atoms with van der Waals surface area (Å²) >= 11 is 6.07. The topological polar surface area (TPSA) is 61.8 Å². The van der Waals surface area contributed by atoms with E-state index >= 15 is 0 Å². The maximum Gasteiger partial charge on any atom is 0.0992 e. The fraction of sp³-hybridized carbons (Fsp3) is 0.0714. The fourth-order valence-corrected chi connectivity index (χ4v) is 1.80. The minimum Gasteiger partial charge on any atom is -0.397 e. The number of aryl methyl sites for hydroxylation is 1. The third-order valence-corrected chi connectivity index (χ3v) is 2.90. The van der Waals surface area contributed by atoms with Gasteiger partial charge in [0.15, 0.2) is 0 Å². The lowest BCUT2D eigenvalue weighted by molar-refractivity contribution is 1.44. The molecule has 0 aliphatic rings. The number of anilines is 3. The maximum atomic E-state index is 8.86. The normalized spacial score (nSPS) is 9.83. The van der Waals surface area contributed by atoms with Gasteiger partial charge in [-0.05, 0) is 42.8 Å². The van der Waals surface area contributed by atoms with Gasteiger partial charge >= 0.3 is 0 Å². The molecule has 0 atom stereocenters. The van der Waals surface area contributed by atoms with Crippen LogP contribution in [0, 0.1) is 18.3 Å². The number of nitrogens with one attached hydrogen (secondary N) is 1. The van der Waals surface area contributed by atoms with Gasteiger partial charge in [0.1, 0.15) is 0 Å². The lowest BCUT2D eigenvalue weighted by atomic mass is 10.1. The summed E-state index contributed by atoms with van der Waals surface area (Å²) in [7, 11) is 0. The van der Waals surface area contributed by atoms with Crippen molar-refractivity contribution in [2.24, 2.45) is 0 Å². The number of halogens is 1. The molecule has 4 heteroatoms. The van der Waals surface area contributed by atoms with Crippen LogP contribution in [0.2, 0.25) is 5.02 Å². The third kappa shape index (κ3) is 2.55. The highest BCUT2D eigenvalue weighted by Gasteiger charge is 2.05. The molecule has 0 aliphatic carbocycles. The van der Waals surface area contributed by atoms with Crippen LogP contribution in [0.25, 0.3) is 0 Å². The highest BCUT2D eigenvalue weighted by molar-refractivity contribution is 6.33. The van der Waals surface area contributed by atoms with Crippen LogP contribution in [-0.4, -0.2) is 0 Å². The summed E-state index contributed by atoms with van der Waals surface area (Å²) in [5.74, 6) is 0. The zero-order chi connectivity index (χ0) is 13.1. The van der Waals surface area contributed by atoms with E-state index in [9.17, 15) is 0 Å². The Kier molecular flexibility index (Phi) is 3.40. The third-order valence-electron chi connectivity index (χ3n) is 2.57. The van der Waals surface area contributed by atoms with E-state index in [0.717, 1.165) is 11.3 Å². The number of hydrogen-bond acceptors (Lipinski definition) is 3. The van der Waals surface area contributed by atoms with Gasteiger partial charge < -0.3 is 11.1 Å². The summed E-state index contributed by atoms with van der Waals surface area (Å²) < 4.78 is 0. The van der Waals surface area contributed by atoms with E-state index in [1.807, 2.05) is 25.1 Å². The first kappa shape index (κ1) is 12.3. The van der Waals surface area contributed by atoms with Crippen molar-refractivity contribution in [3.05, 3.63) is 52.5 Å². The molecule has 0 unspecified atom stereocenters. The number of hydrogen-bond donors (Lipinski definition) is 2. The van der Waals surface area contributed by atoms with Gasteiger partial charge in [-0.2, -0.15) is 5.26 Å². The molecule has 0 amide bonds. The number of nitrogens with zero attached hydrogens (tertiary/aromatic N) is 1. The van der Waals surface area contributed by atoms with Crippen molar-refractivity contribution in [2.45, 2.75) is 6.92 Å². The summed E-state index contributed by atoms with van der Waals surface area (Å²) in [5, 5.41) is 12.5. The van der Waals surface area contributed by atoms with E-state index in [1.165, 1.54) is 0 Å². The van der Waals surface area contributed by atoms with E-state index < -0.39 is 0 Å². The number of nitrogen functional groups attached to an aromatic ring is 1. The van der Waals surface area contributed by atoms with Crippen molar-refractivity contribution in [3.63, 3.8) is 0 Å². The molecule has 3 nitrogen and oxygen atoms in total. The Hall–Kier alpha value is -2.18. The smallest absolute Gasteiger partial charge is 0.0992 e. The molecule has 0 heterocycles. The van der Waals surface area contributed by atoms with Crippen LogP contribution in [0.3, 0.4) is 0 Å². The molecule has 0 spiro atoms. The Balaban J connectivity index is 2.37. The second-order valence-electron chi connectivity index (χ2n) is 4.02. The second-order valence-corrected chi connectivity index (χ2v) is 4.43. The van der Waals surface area contributed by atoms with Gasteiger partial charge in [0, 0.05) is 0 Å². The first-order chi connectivity index (χ1) is 8.60. The van der Waals surface area contributed by atoms with Crippen molar-refractivity contribution in [1.29, 1.82) is 5.26 Å². The molecule has 2 aromatic rings. The van der Waals surface area contributed by atoms with Crippen LogP contribution in [0.5, 0.6) is 0 Å². The van der Waals surface area contributed by atoms with E-state index in [4.69, 9.17) is 22.6 Å². The van der Waals surface area contributed by atoms with Gasteiger partial charge in [0.2, 0.25) is 0 Å². The van der Waals surface area contributed by atoms with Gasteiger partial charge in [0.25, 0.3) is 0 Å². The van der Waals surface area contributed by atoms with Gasteiger partial charge in [0.05, 0.1) is 33.7 Å². The molecule has 0 fully saturated rings. The van der Waals surface area contributed by atoms with Crippen LogP contribution >= 0.6 is 11.6 Å². The second kappa shape index (κ2) is 4.99. The van der Waals surface area contributed by atoms with Crippen molar-refractivity contribution >= 4 is 28.7 Å². The summed E-state index contributed by atoms with van der Waals surface area (Å²) in [6.45, 7) is 1.98. The molecule has 0 aliphatic heterocycles. The molecule has 0 saturated carbocycles. The van der Waals surface area contributed by atoms with Gasteiger partial charge in [-0.3, -0.25) is 0 Å². The van der Waals surface area contributed by atoms with Crippen LogP contribution in [0.4, 0.5) is 17.1 Å². The first-order valence-electron chi connectivity index (χ1n) is 5.43. The monoisotopic (exact) mass is 257 g/mol. The Bertz CT molecular complexity index is 629. The number of rotatable bonds is 2. The van der Waals surface area contributed by atoms with Crippen molar-refractivity contribution in [1.82, 2.24) is 0 Å². The van der Waals surface area contributed by atoms with Gasteiger partial charge in [-0.1, -0.05) is 17.7 Å². The molecular formula is C14H12ClN3. The van der Waals surface area contributed by atoms with Crippen molar-refractivity contribution < 1.29 is 0 Å². The SMILES string of the molecule is Cc1ccc(Nc2cc(C#N)ccc2Cl)c(N)c1. The molecule has 0 saturated heterocycles.